The summed E-state index contributed by atoms with van der Waals surface area (Å²) in [6.45, 7) is 0. The lowest BCUT2D eigenvalue weighted by molar-refractivity contribution is -0.111. The van der Waals surface area contributed by atoms with Crippen molar-refractivity contribution in [1.82, 2.24) is 0 Å². The lowest BCUT2D eigenvalue weighted by atomic mass is 10.2. The number of rotatable bonds is 6. The first kappa shape index (κ1) is 17.3. The Balaban J connectivity index is 1.72. The Kier molecular flexibility index (Phi) is 5.68. The Hall–Kier alpha value is -3.53. The maximum Gasteiger partial charge on any atom is 0.248 e. The molecule has 3 aromatic rings. The summed E-state index contributed by atoms with van der Waals surface area (Å²) in [6, 6.07) is 24.3. The molecule has 0 spiro atoms. The number of carbonyl (C=O) groups is 1. The van der Waals surface area contributed by atoms with E-state index in [1.54, 1.807) is 19.3 Å². The van der Waals surface area contributed by atoms with Crippen LogP contribution in [0.1, 0.15) is 5.56 Å². The largest absolute Gasteiger partial charge is 0.496 e. The van der Waals surface area contributed by atoms with Gasteiger partial charge in [0, 0.05) is 11.6 Å². The van der Waals surface area contributed by atoms with E-state index in [9.17, 15) is 4.79 Å². The van der Waals surface area contributed by atoms with Crippen LogP contribution in [0.2, 0.25) is 0 Å². The van der Waals surface area contributed by atoms with E-state index in [1.165, 1.54) is 6.08 Å². The standard InChI is InChI=1S/C22H19NO3/c1-25-20-13-7-5-9-17(20)15-16-22(24)23-19-12-6-8-14-21(19)26-18-10-3-2-4-11-18/h2-16H,1H3,(H,23,24)/b16-15+. The highest BCUT2D eigenvalue weighted by atomic mass is 16.5. The smallest absolute Gasteiger partial charge is 0.248 e. The average molecular weight is 345 g/mol. The molecule has 4 nitrogen and oxygen atoms in total. The molecule has 0 atom stereocenters. The first-order valence-corrected chi connectivity index (χ1v) is 8.20. The minimum atomic E-state index is -0.250. The predicted molar refractivity (Wildman–Crippen MR) is 104 cm³/mol. The normalized spacial score (nSPS) is 10.5. The fraction of sp³-hybridized carbons (Fsp3) is 0.0455. The number of nitrogens with one attached hydrogen (secondary N) is 1. The maximum atomic E-state index is 12.3. The van der Waals surface area contributed by atoms with E-state index in [2.05, 4.69) is 5.32 Å². The number of para-hydroxylation sites is 4. The molecule has 0 unspecified atom stereocenters. The number of hydrogen-bond donors (Lipinski definition) is 1. The van der Waals surface area contributed by atoms with Gasteiger partial charge < -0.3 is 14.8 Å². The van der Waals surface area contributed by atoms with Crippen molar-refractivity contribution >= 4 is 17.7 Å². The van der Waals surface area contributed by atoms with Crippen molar-refractivity contribution in [3.05, 3.63) is 90.5 Å². The van der Waals surface area contributed by atoms with Crippen LogP contribution in [-0.2, 0) is 4.79 Å². The van der Waals surface area contributed by atoms with Crippen LogP contribution < -0.4 is 14.8 Å². The average Bonchev–Trinajstić information content (AvgIpc) is 2.69. The molecule has 0 aliphatic carbocycles. The van der Waals surface area contributed by atoms with Gasteiger partial charge in [0.05, 0.1) is 12.8 Å². The van der Waals surface area contributed by atoms with Gasteiger partial charge in [-0.2, -0.15) is 0 Å². The highest BCUT2D eigenvalue weighted by Crippen LogP contribution is 2.29. The molecule has 0 saturated carbocycles. The SMILES string of the molecule is COc1ccccc1/C=C/C(=O)Nc1ccccc1Oc1ccccc1. The lowest BCUT2D eigenvalue weighted by Gasteiger charge is -2.11. The first-order valence-electron chi connectivity index (χ1n) is 8.20. The zero-order valence-electron chi connectivity index (χ0n) is 14.4. The van der Waals surface area contributed by atoms with E-state index < -0.39 is 0 Å². The summed E-state index contributed by atoms with van der Waals surface area (Å²) < 4.78 is 11.1. The third-order valence-corrected chi connectivity index (χ3v) is 3.67. The number of ether oxygens (including phenoxy) is 2. The van der Waals surface area contributed by atoms with Gasteiger partial charge in [0.1, 0.15) is 11.5 Å². The monoisotopic (exact) mass is 345 g/mol. The van der Waals surface area contributed by atoms with Gasteiger partial charge in [-0.05, 0) is 36.4 Å². The van der Waals surface area contributed by atoms with Gasteiger partial charge in [-0.3, -0.25) is 4.79 Å². The second kappa shape index (κ2) is 8.53. The molecule has 130 valence electrons. The zero-order chi connectivity index (χ0) is 18.2. The second-order valence-electron chi connectivity index (χ2n) is 5.48. The summed E-state index contributed by atoms with van der Waals surface area (Å²) in [5.74, 6) is 1.75. The van der Waals surface area contributed by atoms with Gasteiger partial charge >= 0.3 is 0 Å². The van der Waals surface area contributed by atoms with E-state index >= 15 is 0 Å². The quantitative estimate of drug-likeness (QED) is 0.629. The Labute approximate surface area is 152 Å². The highest BCUT2D eigenvalue weighted by Gasteiger charge is 2.07. The fourth-order valence-electron chi connectivity index (χ4n) is 2.42. The number of carbonyl (C=O) groups excluding carboxylic acids is 1. The summed E-state index contributed by atoms with van der Waals surface area (Å²) in [4.78, 5) is 12.3. The van der Waals surface area contributed by atoms with Crippen LogP contribution in [0.4, 0.5) is 5.69 Å². The van der Waals surface area contributed by atoms with Crippen molar-refractivity contribution in [1.29, 1.82) is 0 Å². The fourth-order valence-corrected chi connectivity index (χ4v) is 2.42. The number of methoxy groups -OCH3 is 1. The van der Waals surface area contributed by atoms with Crippen LogP contribution >= 0.6 is 0 Å². The molecule has 0 aromatic heterocycles. The molecular weight excluding hydrogens is 326 g/mol. The zero-order valence-corrected chi connectivity index (χ0v) is 14.4. The van der Waals surface area contributed by atoms with E-state index in [1.807, 2.05) is 72.8 Å². The molecule has 0 heterocycles. The van der Waals surface area contributed by atoms with Gasteiger partial charge in [-0.1, -0.05) is 48.5 Å². The molecule has 0 aliphatic rings. The van der Waals surface area contributed by atoms with Crippen molar-refractivity contribution in [2.24, 2.45) is 0 Å². The third-order valence-electron chi connectivity index (χ3n) is 3.67. The van der Waals surface area contributed by atoms with Crippen molar-refractivity contribution in [2.75, 3.05) is 12.4 Å². The molecule has 0 radical (unpaired) electrons. The van der Waals surface area contributed by atoms with Gasteiger partial charge in [-0.15, -0.1) is 0 Å². The third kappa shape index (κ3) is 4.51. The van der Waals surface area contributed by atoms with E-state index in [0.29, 0.717) is 22.9 Å². The topological polar surface area (TPSA) is 47.6 Å². The van der Waals surface area contributed by atoms with Crippen LogP contribution in [0.5, 0.6) is 17.2 Å². The van der Waals surface area contributed by atoms with Crippen molar-refractivity contribution in [2.45, 2.75) is 0 Å². The number of benzene rings is 3. The first-order chi connectivity index (χ1) is 12.8. The number of hydrogen-bond acceptors (Lipinski definition) is 3. The molecule has 3 rings (SSSR count). The van der Waals surface area contributed by atoms with Gasteiger partial charge in [0.15, 0.2) is 5.75 Å². The van der Waals surface area contributed by atoms with E-state index in [-0.39, 0.29) is 5.91 Å². The Morgan fingerprint density at radius 1 is 0.846 bits per heavy atom. The van der Waals surface area contributed by atoms with E-state index in [4.69, 9.17) is 9.47 Å². The predicted octanol–water partition coefficient (Wildman–Crippen LogP) is 5.14. The summed E-state index contributed by atoms with van der Waals surface area (Å²) in [5.41, 5.74) is 1.44. The van der Waals surface area contributed by atoms with Gasteiger partial charge in [-0.25, -0.2) is 0 Å². The highest BCUT2D eigenvalue weighted by molar-refractivity contribution is 6.03. The van der Waals surface area contributed by atoms with Crippen LogP contribution in [0.15, 0.2) is 84.9 Å². The Morgan fingerprint density at radius 3 is 2.27 bits per heavy atom. The molecule has 0 bridgehead atoms. The Morgan fingerprint density at radius 2 is 1.50 bits per heavy atom. The maximum absolute atomic E-state index is 12.3. The molecular formula is C22H19NO3. The van der Waals surface area contributed by atoms with Crippen LogP contribution in [0, 0.1) is 0 Å². The minimum absolute atomic E-state index is 0.250. The van der Waals surface area contributed by atoms with Crippen LogP contribution in [0.25, 0.3) is 6.08 Å². The summed E-state index contributed by atoms with van der Waals surface area (Å²) >= 11 is 0. The van der Waals surface area contributed by atoms with Crippen molar-refractivity contribution in [3.63, 3.8) is 0 Å². The second-order valence-corrected chi connectivity index (χ2v) is 5.48. The van der Waals surface area contributed by atoms with Crippen LogP contribution in [0.3, 0.4) is 0 Å². The van der Waals surface area contributed by atoms with Crippen LogP contribution in [-0.4, -0.2) is 13.0 Å². The minimum Gasteiger partial charge on any atom is -0.496 e. The van der Waals surface area contributed by atoms with E-state index in [0.717, 1.165) is 5.56 Å². The molecule has 1 amide bonds. The summed E-state index contributed by atoms with van der Waals surface area (Å²) in [5, 5.41) is 2.85. The molecule has 0 saturated heterocycles. The number of amides is 1. The van der Waals surface area contributed by atoms with Gasteiger partial charge in [0.25, 0.3) is 0 Å². The summed E-state index contributed by atoms with van der Waals surface area (Å²) in [7, 11) is 1.60. The van der Waals surface area contributed by atoms with Crippen molar-refractivity contribution in [3.8, 4) is 17.2 Å². The molecule has 1 N–H and O–H groups in total. The Bertz CT molecular complexity index is 904. The molecule has 3 aromatic carbocycles. The molecule has 4 heteroatoms. The number of anilines is 1. The van der Waals surface area contributed by atoms with Gasteiger partial charge in [0.2, 0.25) is 5.91 Å². The molecule has 0 fully saturated rings. The molecule has 26 heavy (non-hydrogen) atoms. The van der Waals surface area contributed by atoms with Crippen molar-refractivity contribution < 1.29 is 14.3 Å². The summed E-state index contributed by atoms with van der Waals surface area (Å²) in [6.07, 6.45) is 3.19. The lowest BCUT2D eigenvalue weighted by Crippen LogP contribution is -2.08. The molecule has 0 aliphatic heterocycles.